The molecule has 1 rings (SSSR count). The quantitative estimate of drug-likeness (QED) is 0.781. The molecule has 1 heterocycles. The smallest absolute Gasteiger partial charge is 0.125 e. The van der Waals surface area contributed by atoms with Crippen molar-refractivity contribution in [1.82, 2.24) is 4.98 Å². The number of nitrogens with zero attached hydrogens (tertiary/aromatic N) is 1. The first-order chi connectivity index (χ1) is 7.31. The van der Waals surface area contributed by atoms with Gasteiger partial charge in [0.15, 0.2) is 0 Å². The minimum atomic E-state index is -0.0336. The maximum absolute atomic E-state index is 8.98. The Balaban J connectivity index is 2.82. The van der Waals surface area contributed by atoms with Gasteiger partial charge in [-0.05, 0) is 19.8 Å². The Labute approximate surface area is 91.1 Å². The normalized spacial score (nSPS) is 10.3. The third kappa shape index (κ3) is 3.51. The molecular weight excluding hydrogens is 190 g/mol. The molecule has 1 aromatic rings. The lowest BCUT2D eigenvalue weighted by Crippen LogP contribution is -2.00. The van der Waals surface area contributed by atoms with E-state index in [0.29, 0.717) is 12.3 Å². The summed E-state index contributed by atoms with van der Waals surface area (Å²) in [4.78, 5) is 4.16. The molecule has 0 amide bonds. The Morgan fingerprint density at radius 2 is 2.20 bits per heavy atom. The Bertz CT molecular complexity index is 300. The highest BCUT2D eigenvalue weighted by Crippen LogP contribution is 2.20. The van der Waals surface area contributed by atoms with E-state index >= 15 is 0 Å². The summed E-state index contributed by atoms with van der Waals surface area (Å²) in [6.07, 6.45) is 5.10. The van der Waals surface area contributed by atoms with Crippen molar-refractivity contribution in [2.24, 2.45) is 0 Å². The van der Waals surface area contributed by atoms with Gasteiger partial charge in [-0.15, -0.1) is 0 Å². The molecule has 0 saturated carbocycles. The fourth-order valence-corrected chi connectivity index (χ4v) is 1.44. The first kappa shape index (κ1) is 12.0. The van der Waals surface area contributed by atoms with Crippen LogP contribution in [0.5, 0.6) is 5.75 Å². The maximum Gasteiger partial charge on any atom is 0.125 e. The molecule has 0 bridgehead atoms. The van der Waals surface area contributed by atoms with Gasteiger partial charge in [-0.3, -0.25) is 4.98 Å². The summed E-state index contributed by atoms with van der Waals surface area (Å²) in [5.74, 6) is 0.866. The predicted molar refractivity (Wildman–Crippen MR) is 59.9 cm³/mol. The number of pyridine rings is 1. The van der Waals surface area contributed by atoms with Gasteiger partial charge in [-0.25, -0.2) is 0 Å². The van der Waals surface area contributed by atoms with Gasteiger partial charge in [0.1, 0.15) is 5.75 Å². The maximum atomic E-state index is 8.98. The molecule has 0 atom stereocenters. The molecule has 0 aromatic carbocycles. The average Bonchev–Trinajstić information content (AvgIpc) is 2.27. The van der Waals surface area contributed by atoms with Crippen LogP contribution in [-0.2, 0) is 13.0 Å². The summed E-state index contributed by atoms with van der Waals surface area (Å²) < 4.78 is 5.53. The van der Waals surface area contributed by atoms with Gasteiger partial charge in [-0.2, -0.15) is 0 Å². The number of unbranched alkanes of at least 4 members (excludes halogenated alkanes) is 1. The second-order valence-corrected chi connectivity index (χ2v) is 3.48. The molecular formula is C12H19NO2. The Hall–Kier alpha value is -1.09. The zero-order chi connectivity index (χ0) is 11.1. The van der Waals surface area contributed by atoms with Crippen LogP contribution in [0.25, 0.3) is 0 Å². The van der Waals surface area contributed by atoms with Crippen LogP contribution in [0.3, 0.4) is 0 Å². The van der Waals surface area contributed by atoms with Gasteiger partial charge < -0.3 is 9.84 Å². The number of aryl methyl sites for hydroxylation is 1. The van der Waals surface area contributed by atoms with Gasteiger partial charge in [0.05, 0.1) is 18.9 Å². The van der Waals surface area contributed by atoms with Crippen molar-refractivity contribution < 1.29 is 9.84 Å². The fourth-order valence-electron chi connectivity index (χ4n) is 1.44. The first-order valence-corrected chi connectivity index (χ1v) is 5.53. The number of rotatable bonds is 6. The van der Waals surface area contributed by atoms with Gasteiger partial charge in [-0.1, -0.05) is 13.3 Å². The van der Waals surface area contributed by atoms with E-state index in [4.69, 9.17) is 9.84 Å². The number of aliphatic hydroxyl groups excluding tert-OH is 1. The van der Waals surface area contributed by atoms with Crippen molar-refractivity contribution in [3.8, 4) is 5.75 Å². The van der Waals surface area contributed by atoms with Crippen LogP contribution in [0.4, 0.5) is 0 Å². The third-order valence-corrected chi connectivity index (χ3v) is 2.26. The first-order valence-electron chi connectivity index (χ1n) is 5.53. The lowest BCUT2D eigenvalue weighted by atomic mass is 10.1. The van der Waals surface area contributed by atoms with Crippen LogP contribution in [0, 0.1) is 0 Å². The van der Waals surface area contributed by atoms with Crippen LogP contribution < -0.4 is 4.74 Å². The lowest BCUT2D eigenvalue weighted by molar-refractivity contribution is 0.274. The molecule has 84 valence electrons. The van der Waals surface area contributed by atoms with Crippen molar-refractivity contribution in [2.75, 3.05) is 6.61 Å². The highest BCUT2D eigenvalue weighted by Gasteiger charge is 2.05. The van der Waals surface area contributed by atoms with E-state index in [-0.39, 0.29) is 6.61 Å². The molecule has 0 unspecified atom stereocenters. The van der Waals surface area contributed by atoms with Crippen LogP contribution in [0.15, 0.2) is 12.3 Å². The molecule has 15 heavy (non-hydrogen) atoms. The molecule has 0 aliphatic heterocycles. The fraction of sp³-hybridized carbons (Fsp3) is 0.583. The topological polar surface area (TPSA) is 42.4 Å². The molecule has 0 aliphatic carbocycles. The van der Waals surface area contributed by atoms with Crippen LogP contribution >= 0.6 is 0 Å². The van der Waals surface area contributed by atoms with E-state index in [2.05, 4.69) is 11.9 Å². The zero-order valence-electron chi connectivity index (χ0n) is 9.49. The summed E-state index contributed by atoms with van der Waals surface area (Å²) in [5.41, 5.74) is 1.80. The SMILES string of the molecule is CCCCc1cnc(CO)cc1OCC. The number of hydrogen-bond acceptors (Lipinski definition) is 3. The number of aliphatic hydroxyl groups is 1. The van der Waals surface area contributed by atoms with Crippen molar-refractivity contribution >= 4 is 0 Å². The van der Waals surface area contributed by atoms with Gasteiger partial charge in [0, 0.05) is 17.8 Å². The van der Waals surface area contributed by atoms with Crippen molar-refractivity contribution in [3.05, 3.63) is 23.5 Å². The molecule has 0 saturated heterocycles. The zero-order valence-corrected chi connectivity index (χ0v) is 9.49. The van der Waals surface area contributed by atoms with E-state index in [0.717, 1.165) is 30.6 Å². The van der Waals surface area contributed by atoms with E-state index in [1.165, 1.54) is 0 Å². The minimum absolute atomic E-state index is 0.0336. The molecule has 1 aromatic heterocycles. The summed E-state index contributed by atoms with van der Waals surface area (Å²) in [5, 5.41) is 8.98. The standard InChI is InChI=1S/C12H19NO2/c1-3-5-6-10-8-13-11(9-14)7-12(10)15-4-2/h7-8,14H,3-6,9H2,1-2H3. The summed E-state index contributed by atoms with van der Waals surface area (Å²) in [6, 6.07) is 1.83. The minimum Gasteiger partial charge on any atom is -0.493 e. The number of ether oxygens (including phenoxy) is 1. The van der Waals surface area contributed by atoms with Crippen LogP contribution in [0.1, 0.15) is 37.9 Å². The van der Waals surface area contributed by atoms with Crippen molar-refractivity contribution in [3.63, 3.8) is 0 Å². The van der Waals surface area contributed by atoms with Gasteiger partial charge >= 0.3 is 0 Å². The average molecular weight is 209 g/mol. The summed E-state index contributed by atoms with van der Waals surface area (Å²) >= 11 is 0. The van der Waals surface area contributed by atoms with Crippen LogP contribution in [0.2, 0.25) is 0 Å². The highest BCUT2D eigenvalue weighted by atomic mass is 16.5. The predicted octanol–water partition coefficient (Wildman–Crippen LogP) is 2.32. The Morgan fingerprint density at radius 3 is 2.80 bits per heavy atom. The largest absolute Gasteiger partial charge is 0.493 e. The molecule has 0 radical (unpaired) electrons. The monoisotopic (exact) mass is 209 g/mol. The third-order valence-electron chi connectivity index (χ3n) is 2.26. The Morgan fingerprint density at radius 1 is 1.40 bits per heavy atom. The summed E-state index contributed by atoms with van der Waals surface area (Å²) in [6.45, 7) is 4.74. The number of hydrogen-bond donors (Lipinski definition) is 1. The van der Waals surface area contributed by atoms with E-state index < -0.39 is 0 Å². The van der Waals surface area contributed by atoms with E-state index in [1.807, 2.05) is 19.2 Å². The van der Waals surface area contributed by atoms with Crippen molar-refractivity contribution in [1.29, 1.82) is 0 Å². The second kappa shape index (κ2) is 6.40. The molecule has 0 aliphatic rings. The molecule has 3 heteroatoms. The van der Waals surface area contributed by atoms with Gasteiger partial charge in [0.25, 0.3) is 0 Å². The molecule has 1 N–H and O–H groups in total. The number of aromatic nitrogens is 1. The van der Waals surface area contributed by atoms with E-state index in [1.54, 1.807) is 0 Å². The molecule has 0 fully saturated rings. The van der Waals surface area contributed by atoms with Crippen LogP contribution in [-0.4, -0.2) is 16.7 Å². The van der Waals surface area contributed by atoms with Gasteiger partial charge in [0.2, 0.25) is 0 Å². The highest BCUT2D eigenvalue weighted by molar-refractivity contribution is 5.33. The molecule has 0 spiro atoms. The van der Waals surface area contributed by atoms with E-state index in [9.17, 15) is 0 Å². The van der Waals surface area contributed by atoms with Crippen molar-refractivity contribution in [2.45, 2.75) is 39.7 Å². The lowest BCUT2D eigenvalue weighted by Gasteiger charge is -2.10. The Kier molecular flexibility index (Phi) is 5.12. The molecule has 3 nitrogen and oxygen atoms in total. The summed E-state index contributed by atoms with van der Waals surface area (Å²) in [7, 11) is 0. The second-order valence-electron chi connectivity index (χ2n) is 3.48.